The first kappa shape index (κ1) is 22.9. The van der Waals surface area contributed by atoms with Crippen molar-refractivity contribution < 1.29 is 19.0 Å². The number of hydrogen-bond acceptors (Lipinski definition) is 5. The molecular weight excluding hydrogens is 468 g/mol. The molecule has 0 fully saturated rings. The predicted octanol–water partition coefficient (Wildman–Crippen LogP) is 5.00. The van der Waals surface area contributed by atoms with Gasteiger partial charge >= 0.3 is 5.97 Å². The van der Waals surface area contributed by atoms with Crippen molar-refractivity contribution in [3.63, 3.8) is 0 Å². The second kappa shape index (κ2) is 8.85. The number of nitrogens with zero attached hydrogens (tertiary/aromatic N) is 2. The van der Waals surface area contributed by atoms with Gasteiger partial charge in [0.25, 0.3) is 5.56 Å². The standard InChI is InChI=1S/C30H26N2O5/c1-31-23-12-8-7-11-20(23)29-28(30(31)34)21(15-26(33)37-29)22-17-32(16-18-9-5-4-6-10-18)24-13-19(35-2)14-25(36-3)27(22)24/h4-14,17,21H,15-16H2,1-3H3/t21-/m1/s1. The number of benzene rings is 3. The first-order valence-electron chi connectivity index (χ1n) is 12.1. The molecule has 2 aromatic heterocycles. The number of aromatic nitrogens is 2. The van der Waals surface area contributed by atoms with E-state index in [2.05, 4.69) is 16.7 Å². The smallest absolute Gasteiger partial charge is 0.312 e. The van der Waals surface area contributed by atoms with Crippen molar-refractivity contribution in [3.05, 3.63) is 100.0 Å². The summed E-state index contributed by atoms with van der Waals surface area (Å²) < 4.78 is 20.9. The number of pyridine rings is 1. The van der Waals surface area contributed by atoms with E-state index in [0.717, 1.165) is 27.4 Å². The quantitative estimate of drug-likeness (QED) is 0.322. The van der Waals surface area contributed by atoms with Crippen LogP contribution in [0.25, 0.3) is 21.8 Å². The molecule has 5 aromatic rings. The van der Waals surface area contributed by atoms with Gasteiger partial charge in [-0.05, 0) is 23.3 Å². The summed E-state index contributed by atoms with van der Waals surface area (Å²) >= 11 is 0. The first-order valence-corrected chi connectivity index (χ1v) is 12.1. The lowest BCUT2D eigenvalue weighted by atomic mass is 9.85. The third-order valence-electron chi connectivity index (χ3n) is 7.20. The lowest BCUT2D eigenvalue weighted by Crippen LogP contribution is -2.31. The Kier molecular flexibility index (Phi) is 5.48. The van der Waals surface area contributed by atoms with Gasteiger partial charge in [0.05, 0.1) is 37.2 Å². The van der Waals surface area contributed by atoms with Gasteiger partial charge in [-0.3, -0.25) is 9.59 Å². The van der Waals surface area contributed by atoms with Gasteiger partial charge in [0.15, 0.2) is 0 Å². The minimum Gasteiger partial charge on any atom is -0.497 e. The van der Waals surface area contributed by atoms with E-state index >= 15 is 0 Å². The van der Waals surface area contributed by atoms with Gasteiger partial charge in [-0.1, -0.05) is 42.5 Å². The molecule has 0 aliphatic carbocycles. The fourth-order valence-electron chi connectivity index (χ4n) is 5.45. The van der Waals surface area contributed by atoms with Gasteiger partial charge in [-0.15, -0.1) is 0 Å². The fraction of sp³-hybridized carbons (Fsp3) is 0.200. The maximum Gasteiger partial charge on any atom is 0.312 e. The number of carbonyl (C=O) groups is 1. The number of methoxy groups -OCH3 is 2. The Labute approximate surface area is 213 Å². The summed E-state index contributed by atoms with van der Waals surface area (Å²) in [5.74, 6) is 0.757. The van der Waals surface area contributed by atoms with E-state index in [1.165, 1.54) is 0 Å². The molecule has 7 nitrogen and oxygen atoms in total. The van der Waals surface area contributed by atoms with E-state index in [4.69, 9.17) is 14.2 Å². The number of ether oxygens (including phenoxy) is 3. The molecule has 0 saturated heterocycles. The SMILES string of the molecule is COc1cc(OC)c2c([C@H]3CC(=O)Oc4c3c(=O)n(C)c3ccccc43)cn(Cc3ccccc3)c2c1. The van der Waals surface area contributed by atoms with Crippen molar-refractivity contribution in [3.8, 4) is 17.2 Å². The third-order valence-corrected chi connectivity index (χ3v) is 7.20. The summed E-state index contributed by atoms with van der Waals surface area (Å²) in [4.78, 5) is 26.7. The number of fused-ring (bicyclic) bond motifs is 4. The Hall–Kier alpha value is -4.52. The molecule has 0 saturated carbocycles. The molecule has 186 valence electrons. The van der Waals surface area contributed by atoms with Gasteiger partial charge in [0.2, 0.25) is 0 Å². The predicted molar refractivity (Wildman–Crippen MR) is 142 cm³/mol. The lowest BCUT2D eigenvalue weighted by Gasteiger charge is -2.26. The van der Waals surface area contributed by atoms with Crippen LogP contribution in [0, 0.1) is 0 Å². The number of aryl methyl sites for hydroxylation is 1. The largest absolute Gasteiger partial charge is 0.497 e. The second-order valence-corrected chi connectivity index (χ2v) is 9.28. The zero-order chi connectivity index (χ0) is 25.7. The number of carbonyl (C=O) groups excluding carboxylic acids is 1. The van der Waals surface area contributed by atoms with Crippen molar-refractivity contribution in [2.24, 2.45) is 7.05 Å². The van der Waals surface area contributed by atoms with Gasteiger partial charge in [0.1, 0.15) is 17.2 Å². The molecule has 3 heterocycles. The number of para-hydroxylation sites is 1. The molecule has 6 rings (SSSR count). The molecule has 0 N–H and O–H groups in total. The van der Waals surface area contributed by atoms with Gasteiger partial charge in [-0.2, -0.15) is 0 Å². The zero-order valence-corrected chi connectivity index (χ0v) is 20.9. The summed E-state index contributed by atoms with van der Waals surface area (Å²) in [6, 6.07) is 21.4. The summed E-state index contributed by atoms with van der Waals surface area (Å²) in [5, 5.41) is 1.58. The van der Waals surface area contributed by atoms with E-state index in [1.54, 1.807) is 25.8 Å². The Bertz CT molecular complexity index is 1730. The third kappa shape index (κ3) is 3.66. The molecular formula is C30H26N2O5. The van der Waals surface area contributed by atoms with E-state index in [9.17, 15) is 9.59 Å². The Morgan fingerprint density at radius 3 is 2.46 bits per heavy atom. The topological polar surface area (TPSA) is 71.7 Å². The Morgan fingerprint density at radius 1 is 0.946 bits per heavy atom. The van der Waals surface area contributed by atoms with Crippen LogP contribution < -0.4 is 19.8 Å². The molecule has 1 aliphatic heterocycles. The minimum absolute atomic E-state index is 0.0558. The van der Waals surface area contributed by atoms with Crippen LogP contribution >= 0.6 is 0 Å². The summed E-state index contributed by atoms with van der Waals surface area (Å²) in [6.45, 7) is 0.605. The first-order chi connectivity index (χ1) is 18.0. The highest BCUT2D eigenvalue weighted by Crippen LogP contribution is 2.46. The molecule has 0 unspecified atom stereocenters. The maximum atomic E-state index is 13.7. The molecule has 1 aliphatic rings. The highest BCUT2D eigenvalue weighted by atomic mass is 16.5. The molecule has 7 heteroatoms. The number of hydrogen-bond donors (Lipinski definition) is 0. The molecule has 0 spiro atoms. The summed E-state index contributed by atoms with van der Waals surface area (Å²) in [6.07, 6.45) is 2.08. The maximum absolute atomic E-state index is 13.7. The van der Waals surface area contributed by atoms with Crippen LogP contribution in [0.5, 0.6) is 17.2 Å². The number of rotatable bonds is 5. The lowest BCUT2D eigenvalue weighted by molar-refractivity contribution is -0.135. The zero-order valence-electron chi connectivity index (χ0n) is 20.9. The van der Waals surface area contributed by atoms with Gasteiger partial charge < -0.3 is 23.3 Å². The molecule has 0 amide bonds. The fourth-order valence-corrected chi connectivity index (χ4v) is 5.45. The Morgan fingerprint density at radius 2 is 1.70 bits per heavy atom. The van der Waals surface area contributed by atoms with Crippen molar-refractivity contribution >= 4 is 27.8 Å². The summed E-state index contributed by atoms with van der Waals surface area (Å²) in [7, 11) is 4.99. The van der Waals surface area contributed by atoms with Crippen LogP contribution in [0.3, 0.4) is 0 Å². The van der Waals surface area contributed by atoms with E-state index < -0.39 is 5.92 Å². The monoisotopic (exact) mass is 494 g/mol. The van der Waals surface area contributed by atoms with Crippen LogP contribution in [0.15, 0.2) is 77.7 Å². The van der Waals surface area contributed by atoms with Crippen molar-refractivity contribution in [2.45, 2.75) is 18.9 Å². The molecule has 0 bridgehead atoms. The van der Waals surface area contributed by atoms with Crippen molar-refractivity contribution in [1.82, 2.24) is 9.13 Å². The van der Waals surface area contributed by atoms with Crippen LogP contribution in [-0.4, -0.2) is 29.3 Å². The number of esters is 1. The van der Waals surface area contributed by atoms with Crippen LogP contribution in [0.4, 0.5) is 0 Å². The minimum atomic E-state index is -0.499. The second-order valence-electron chi connectivity index (χ2n) is 9.28. The molecule has 0 radical (unpaired) electrons. The van der Waals surface area contributed by atoms with Crippen LogP contribution in [0.2, 0.25) is 0 Å². The average molecular weight is 495 g/mol. The van der Waals surface area contributed by atoms with E-state index in [0.29, 0.717) is 34.9 Å². The van der Waals surface area contributed by atoms with Gasteiger partial charge in [-0.25, -0.2) is 0 Å². The average Bonchev–Trinajstić information content (AvgIpc) is 3.29. The normalized spacial score (nSPS) is 15.0. The van der Waals surface area contributed by atoms with E-state index in [-0.39, 0.29) is 17.9 Å². The molecule has 3 aromatic carbocycles. The molecule has 1 atom stereocenters. The van der Waals surface area contributed by atoms with Gasteiger partial charge in [0, 0.05) is 48.6 Å². The van der Waals surface area contributed by atoms with Crippen molar-refractivity contribution in [1.29, 1.82) is 0 Å². The highest BCUT2D eigenvalue weighted by molar-refractivity contribution is 5.96. The van der Waals surface area contributed by atoms with Crippen LogP contribution in [-0.2, 0) is 18.4 Å². The molecule has 37 heavy (non-hydrogen) atoms. The van der Waals surface area contributed by atoms with E-state index in [1.807, 2.05) is 60.8 Å². The van der Waals surface area contributed by atoms with Crippen LogP contribution in [0.1, 0.15) is 29.0 Å². The van der Waals surface area contributed by atoms with Crippen molar-refractivity contribution in [2.75, 3.05) is 14.2 Å². The highest BCUT2D eigenvalue weighted by Gasteiger charge is 2.36. The Balaban J connectivity index is 1.65. The summed E-state index contributed by atoms with van der Waals surface area (Å²) in [5.41, 5.74) is 3.88.